The minimum atomic E-state index is -0.922. The standard InChI is InChI=1S/C24H32N2O5/c1-13(2)20(18-9-8-14(3)12-15(18)4)17(6)31-24(29)16(5)26-23(28)21-22(27)19(30-7)10-11-25-21/h8-13,16-17,20,27H,1-7H3,(H,26,28). The quantitative estimate of drug-likeness (QED) is 0.619. The minimum Gasteiger partial charge on any atom is -0.503 e. The van der Waals surface area contributed by atoms with Gasteiger partial charge in [0.25, 0.3) is 5.91 Å². The fourth-order valence-electron chi connectivity index (χ4n) is 3.80. The maximum Gasteiger partial charge on any atom is 0.328 e. The Bertz CT molecular complexity index is 942. The van der Waals surface area contributed by atoms with Crippen LogP contribution in [-0.4, -0.2) is 41.2 Å². The number of esters is 1. The second-order valence-electron chi connectivity index (χ2n) is 8.18. The van der Waals surface area contributed by atoms with Gasteiger partial charge in [0, 0.05) is 18.2 Å². The number of aryl methyl sites for hydroxylation is 2. The van der Waals surface area contributed by atoms with Crippen molar-refractivity contribution in [3.8, 4) is 11.5 Å². The Kier molecular flexibility index (Phi) is 8.02. The van der Waals surface area contributed by atoms with Crippen molar-refractivity contribution in [3.63, 3.8) is 0 Å². The number of ether oxygens (including phenoxy) is 2. The molecule has 1 aromatic carbocycles. The van der Waals surface area contributed by atoms with E-state index in [0.29, 0.717) is 0 Å². The van der Waals surface area contributed by atoms with Gasteiger partial charge < -0.3 is 19.9 Å². The number of rotatable bonds is 8. The summed E-state index contributed by atoms with van der Waals surface area (Å²) in [4.78, 5) is 29.0. The van der Waals surface area contributed by atoms with Gasteiger partial charge in [-0.25, -0.2) is 9.78 Å². The zero-order valence-electron chi connectivity index (χ0n) is 19.2. The summed E-state index contributed by atoms with van der Waals surface area (Å²) in [6, 6.07) is 6.78. The Balaban J connectivity index is 2.11. The summed E-state index contributed by atoms with van der Waals surface area (Å²) in [6.07, 6.45) is 0.951. The lowest BCUT2D eigenvalue weighted by Gasteiger charge is -2.30. The largest absolute Gasteiger partial charge is 0.503 e. The lowest BCUT2D eigenvalue weighted by Crippen LogP contribution is -2.42. The highest BCUT2D eigenvalue weighted by molar-refractivity contribution is 5.97. The molecule has 7 heteroatoms. The van der Waals surface area contributed by atoms with Crippen molar-refractivity contribution in [1.82, 2.24) is 10.3 Å². The molecule has 3 atom stereocenters. The summed E-state index contributed by atoms with van der Waals surface area (Å²) in [6.45, 7) is 11.7. The van der Waals surface area contributed by atoms with Crippen molar-refractivity contribution < 1.29 is 24.2 Å². The molecule has 0 spiro atoms. The van der Waals surface area contributed by atoms with E-state index in [4.69, 9.17) is 9.47 Å². The van der Waals surface area contributed by atoms with E-state index >= 15 is 0 Å². The van der Waals surface area contributed by atoms with Gasteiger partial charge in [-0.1, -0.05) is 37.6 Å². The molecule has 7 nitrogen and oxygen atoms in total. The number of nitrogens with zero attached hydrogens (tertiary/aromatic N) is 1. The third kappa shape index (κ3) is 5.75. The molecule has 1 aromatic heterocycles. The molecule has 0 aliphatic heterocycles. The number of hydrogen-bond acceptors (Lipinski definition) is 6. The first-order valence-electron chi connectivity index (χ1n) is 10.4. The maximum atomic E-state index is 12.7. The summed E-state index contributed by atoms with van der Waals surface area (Å²) < 4.78 is 10.7. The Hall–Kier alpha value is -3.09. The third-order valence-corrected chi connectivity index (χ3v) is 5.33. The highest BCUT2D eigenvalue weighted by Crippen LogP contribution is 2.32. The topological polar surface area (TPSA) is 97.8 Å². The Morgan fingerprint density at radius 3 is 2.35 bits per heavy atom. The smallest absolute Gasteiger partial charge is 0.328 e. The van der Waals surface area contributed by atoms with Gasteiger partial charge in [-0.15, -0.1) is 0 Å². The van der Waals surface area contributed by atoms with E-state index in [0.717, 1.165) is 11.1 Å². The average molecular weight is 429 g/mol. The lowest BCUT2D eigenvalue weighted by molar-refractivity contribution is -0.151. The molecule has 0 fully saturated rings. The first kappa shape index (κ1) is 24.2. The van der Waals surface area contributed by atoms with Crippen LogP contribution in [0.25, 0.3) is 0 Å². The number of carbonyl (C=O) groups excluding carboxylic acids is 2. The van der Waals surface area contributed by atoms with Crippen molar-refractivity contribution >= 4 is 11.9 Å². The van der Waals surface area contributed by atoms with Crippen molar-refractivity contribution in [2.75, 3.05) is 7.11 Å². The molecule has 0 saturated heterocycles. The molecule has 0 radical (unpaired) electrons. The highest BCUT2D eigenvalue weighted by Gasteiger charge is 2.29. The van der Waals surface area contributed by atoms with Crippen LogP contribution in [0.5, 0.6) is 11.5 Å². The number of amides is 1. The number of aromatic hydroxyl groups is 1. The second-order valence-corrected chi connectivity index (χ2v) is 8.18. The van der Waals surface area contributed by atoms with E-state index in [1.54, 1.807) is 0 Å². The van der Waals surface area contributed by atoms with Gasteiger partial charge in [-0.2, -0.15) is 0 Å². The van der Waals surface area contributed by atoms with Gasteiger partial charge in [-0.3, -0.25) is 4.79 Å². The number of nitrogens with one attached hydrogen (secondary N) is 1. The molecular weight excluding hydrogens is 396 g/mol. The first-order chi connectivity index (χ1) is 14.6. The van der Waals surface area contributed by atoms with Crippen LogP contribution in [0.1, 0.15) is 60.8 Å². The summed E-state index contributed by atoms with van der Waals surface area (Å²) >= 11 is 0. The number of methoxy groups -OCH3 is 1. The molecule has 0 bridgehead atoms. The van der Waals surface area contributed by atoms with Crippen LogP contribution in [0.4, 0.5) is 0 Å². The molecule has 168 valence electrons. The van der Waals surface area contributed by atoms with E-state index in [1.165, 1.54) is 31.9 Å². The van der Waals surface area contributed by atoms with Crippen LogP contribution in [0.15, 0.2) is 30.5 Å². The second kappa shape index (κ2) is 10.3. The number of benzene rings is 1. The van der Waals surface area contributed by atoms with Crippen LogP contribution in [0.2, 0.25) is 0 Å². The molecule has 2 N–H and O–H groups in total. The average Bonchev–Trinajstić information content (AvgIpc) is 2.69. The lowest BCUT2D eigenvalue weighted by atomic mass is 9.82. The first-order valence-corrected chi connectivity index (χ1v) is 10.4. The molecule has 0 aliphatic carbocycles. The molecule has 0 saturated carbocycles. The number of pyridine rings is 1. The zero-order valence-corrected chi connectivity index (χ0v) is 19.2. The maximum absolute atomic E-state index is 12.7. The summed E-state index contributed by atoms with van der Waals surface area (Å²) in [7, 11) is 1.37. The molecular formula is C24H32N2O5. The normalized spacial score (nSPS) is 13.9. The van der Waals surface area contributed by atoms with Crippen molar-refractivity contribution in [2.45, 2.75) is 59.6 Å². The Morgan fingerprint density at radius 2 is 1.77 bits per heavy atom. The van der Waals surface area contributed by atoms with E-state index in [1.807, 2.05) is 13.8 Å². The Morgan fingerprint density at radius 1 is 1.10 bits per heavy atom. The van der Waals surface area contributed by atoms with Gasteiger partial charge >= 0.3 is 5.97 Å². The van der Waals surface area contributed by atoms with E-state index in [-0.39, 0.29) is 29.0 Å². The fraction of sp³-hybridized carbons (Fsp3) is 0.458. The van der Waals surface area contributed by atoms with Crippen molar-refractivity contribution in [3.05, 3.63) is 52.8 Å². The summed E-state index contributed by atoms with van der Waals surface area (Å²) in [5, 5.41) is 12.6. The highest BCUT2D eigenvalue weighted by atomic mass is 16.5. The SMILES string of the molecule is COc1ccnc(C(=O)NC(C)C(=O)OC(C)C(c2ccc(C)cc2C)C(C)C)c1O. The van der Waals surface area contributed by atoms with Crippen molar-refractivity contribution in [1.29, 1.82) is 0 Å². The number of hydrogen-bond donors (Lipinski definition) is 2. The molecule has 3 unspecified atom stereocenters. The van der Waals surface area contributed by atoms with Crippen LogP contribution < -0.4 is 10.1 Å². The fourth-order valence-corrected chi connectivity index (χ4v) is 3.80. The van der Waals surface area contributed by atoms with Crippen LogP contribution >= 0.6 is 0 Å². The van der Waals surface area contributed by atoms with Gasteiger partial charge in [0.2, 0.25) is 0 Å². The van der Waals surface area contributed by atoms with Crippen LogP contribution in [0, 0.1) is 19.8 Å². The van der Waals surface area contributed by atoms with Gasteiger partial charge in [0.05, 0.1) is 7.11 Å². The molecule has 0 aliphatic rings. The molecule has 1 heterocycles. The van der Waals surface area contributed by atoms with E-state index in [2.05, 4.69) is 49.3 Å². The number of aromatic nitrogens is 1. The van der Waals surface area contributed by atoms with Gasteiger partial charge in [0.15, 0.2) is 17.2 Å². The van der Waals surface area contributed by atoms with E-state index in [9.17, 15) is 14.7 Å². The predicted molar refractivity (Wildman–Crippen MR) is 118 cm³/mol. The van der Waals surface area contributed by atoms with Crippen LogP contribution in [0.3, 0.4) is 0 Å². The summed E-state index contributed by atoms with van der Waals surface area (Å²) in [5.74, 6) is -1.26. The molecule has 2 aromatic rings. The third-order valence-electron chi connectivity index (χ3n) is 5.33. The number of carbonyl (C=O) groups is 2. The monoisotopic (exact) mass is 428 g/mol. The molecule has 31 heavy (non-hydrogen) atoms. The van der Waals surface area contributed by atoms with Gasteiger partial charge in [-0.05, 0) is 44.7 Å². The summed E-state index contributed by atoms with van der Waals surface area (Å²) in [5.41, 5.74) is 3.26. The molecule has 1 amide bonds. The Labute approximate surface area is 183 Å². The van der Waals surface area contributed by atoms with Crippen molar-refractivity contribution in [2.24, 2.45) is 5.92 Å². The van der Waals surface area contributed by atoms with E-state index < -0.39 is 24.0 Å². The van der Waals surface area contributed by atoms with Crippen LogP contribution in [-0.2, 0) is 9.53 Å². The zero-order chi connectivity index (χ0) is 23.3. The van der Waals surface area contributed by atoms with Gasteiger partial charge in [0.1, 0.15) is 12.1 Å². The molecule has 2 rings (SSSR count). The minimum absolute atomic E-state index is 0.0107. The predicted octanol–water partition coefficient (Wildman–Crippen LogP) is 3.90.